The Labute approximate surface area is 172 Å². The van der Waals surface area contributed by atoms with Crippen LogP contribution >= 0.6 is 11.8 Å². The van der Waals surface area contributed by atoms with Crippen LogP contribution in [0.5, 0.6) is 0 Å². The van der Waals surface area contributed by atoms with Crippen molar-refractivity contribution in [2.45, 2.75) is 38.2 Å². The largest absolute Gasteiger partial charge is 0.469 e. The van der Waals surface area contributed by atoms with Crippen LogP contribution in [0, 0.1) is 20.8 Å². The summed E-state index contributed by atoms with van der Waals surface area (Å²) in [6.45, 7) is 10.3. The highest BCUT2D eigenvalue weighted by Gasteiger charge is 2.18. The van der Waals surface area contributed by atoms with Crippen molar-refractivity contribution < 1.29 is 8.83 Å². The number of aryl methyl sites for hydroxylation is 3. The molecule has 148 valence electrons. The highest BCUT2D eigenvalue weighted by Crippen LogP contribution is 2.31. The molecule has 0 aliphatic heterocycles. The first-order valence-electron chi connectivity index (χ1n) is 9.24. The lowest BCUT2D eigenvalue weighted by Crippen LogP contribution is -2.03. The van der Waals surface area contributed by atoms with Crippen LogP contribution in [-0.4, -0.2) is 14.8 Å². The molecule has 0 spiro atoms. The third kappa shape index (κ3) is 3.53. The van der Waals surface area contributed by atoms with Gasteiger partial charge in [0, 0.05) is 23.8 Å². The predicted octanol–water partition coefficient (Wildman–Crippen LogP) is 5.05. The molecule has 4 aromatic rings. The average molecular weight is 407 g/mol. The van der Waals surface area contributed by atoms with Crippen LogP contribution in [0.1, 0.15) is 22.5 Å². The van der Waals surface area contributed by atoms with Gasteiger partial charge in [-0.15, -0.1) is 16.8 Å². The van der Waals surface area contributed by atoms with Gasteiger partial charge in [0.25, 0.3) is 0 Å². The summed E-state index contributed by atoms with van der Waals surface area (Å²) in [5.41, 5.74) is 4.20. The van der Waals surface area contributed by atoms with E-state index in [2.05, 4.69) is 16.8 Å². The van der Waals surface area contributed by atoms with Gasteiger partial charge in [-0.05, 0) is 43.5 Å². The molecule has 0 aliphatic rings. The molecule has 1 aromatic carbocycles. The highest BCUT2D eigenvalue weighted by atomic mass is 32.2. The smallest absolute Gasteiger partial charge is 0.336 e. The van der Waals surface area contributed by atoms with Crippen molar-refractivity contribution in [3.05, 3.63) is 76.1 Å². The van der Waals surface area contributed by atoms with Crippen molar-refractivity contribution in [1.29, 1.82) is 0 Å². The van der Waals surface area contributed by atoms with Crippen LogP contribution in [0.25, 0.3) is 22.4 Å². The number of allylic oxidation sites excluding steroid dienone is 1. The first kappa shape index (κ1) is 19.3. The maximum Gasteiger partial charge on any atom is 0.336 e. The summed E-state index contributed by atoms with van der Waals surface area (Å²) < 4.78 is 12.9. The second-order valence-corrected chi connectivity index (χ2v) is 7.80. The number of hydrogen-bond donors (Lipinski definition) is 0. The molecule has 0 saturated carbocycles. The van der Waals surface area contributed by atoms with E-state index in [0.29, 0.717) is 17.9 Å². The third-order valence-electron chi connectivity index (χ3n) is 5.00. The number of nitrogens with zero attached hydrogens (tertiary/aromatic N) is 3. The summed E-state index contributed by atoms with van der Waals surface area (Å²) in [4.78, 5) is 12.1. The van der Waals surface area contributed by atoms with Crippen LogP contribution in [0.2, 0.25) is 0 Å². The zero-order valence-corrected chi connectivity index (χ0v) is 17.4. The Kier molecular flexibility index (Phi) is 5.15. The van der Waals surface area contributed by atoms with Crippen molar-refractivity contribution in [2.24, 2.45) is 0 Å². The van der Waals surface area contributed by atoms with E-state index in [1.165, 1.54) is 11.8 Å². The van der Waals surface area contributed by atoms with Gasteiger partial charge in [0.1, 0.15) is 11.3 Å². The van der Waals surface area contributed by atoms with Crippen molar-refractivity contribution in [1.82, 2.24) is 14.8 Å². The van der Waals surface area contributed by atoms with Crippen molar-refractivity contribution >= 4 is 22.7 Å². The van der Waals surface area contributed by atoms with Gasteiger partial charge in [0.2, 0.25) is 0 Å². The Morgan fingerprint density at radius 1 is 1.21 bits per heavy atom. The maximum absolute atomic E-state index is 12.1. The van der Waals surface area contributed by atoms with E-state index >= 15 is 0 Å². The molecule has 0 unspecified atom stereocenters. The molecule has 0 atom stereocenters. The van der Waals surface area contributed by atoms with Crippen LogP contribution in [0.4, 0.5) is 0 Å². The maximum atomic E-state index is 12.1. The van der Waals surface area contributed by atoms with Gasteiger partial charge in [-0.2, -0.15) is 0 Å². The van der Waals surface area contributed by atoms with Crippen molar-refractivity contribution in [2.75, 3.05) is 0 Å². The van der Waals surface area contributed by atoms with E-state index < -0.39 is 0 Å². The van der Waals surface area contributed by atoms with Gasteiger partial charge in [-0.1, -0.05) is 30.0 Å². The molecule has 3 aromatic heterocycles. The standard InChI is InChI=1S/C22H21N3O3S/c1-5-9-25-21(17-8-10-27-15(17)4)23-24-22(25)29-12-16-11-19(26)28-20-14(3)13(2)6-7-18(16)20/h5-8,10-11H,1,9,12H2,2-4H3. The molecule has 6 nitrogen and oxygen atoms in total. The number of furan rings is 1. The zero-order chi connectivity index (χ0) is 20.5. The molecule has 4 rings (SSSR count). The lowest BCUT2D eigenvalue weighted by molar-refractivity contribution is 0.534. The molecule has 7 heteroatoms. The first-order chi connectivity index (χ1) is 14.0. The normalized spacial score (nSPS) is 11.3. The Hall–Kier alpha value is -3.06. The van der Waals surface area contributed by atoms with E-state index in [0.717, 1.165) is 44.4 Å². The topological polar surface area (TPSA) is 74.1 Å². The van der Waals surface area contributed by atoms with E-state index in [-0.39, 0.29) is 5.63 Å². The van der Waals surface area contributed by atoms with Gasteiger partial charge in [-0.25, -0.2) is 4.79 Å². The first-order valence-corrected chi connectivity index (χ1v) is 10.2. The highest BCUT2D eigenvalue weighted by molar-refractivity contribution is 7.98. The Balaban J connectivity index is 1.71. The monoisotopic (exact) mass is 407 g/mol. The quantitative estimate of drug-likeness (QED) is 0.253. The molecular weight excluding hydrogens is 386 g/mol. The Morgan fingerprint density at radius 3 is 2.76 bits per heavy atom. The fourth-order valence-corrected chi connectivity index (χ4v) is 4.23. The van der Waals surface area contributed by atoms with Gasteiger partial charge >= 0.3 is 5.63 Å². The fraction of sp³-hybridized carbons (Fsp3) is 0.227. The lowest BCUT2D eigenvalue weighted by Gasteiger charge is -2.10. The Bertz CT molecular complexity index is 1270. The average Bonchev–Trinajstić information content (AvgIpc) is 3.29. The molecule has 0 amide bonds. The van der Waals surface area contributed by atoms with Crippen molar-refractivity contribution in [3.8, 4) is 11.4 Å². The summed E-state index contributed by atoms with van der Waals surface area (Å²) in [5.74, 6) is 2.10. The van der Waals surface area contributed by atoms with Crippen LogP contribution in [0.15, 0.2) is 62.0 Å². The van der Waals surface area contributed by atoms with Crippen LogP contribution in [-0.2, 0) is 12.3 Å². The number of rotatable bonds is 6. The minimum atomic E-state index is -0.343. The van der Waals surface area contributed by atoms with Gasteiger partial charge in [-0.3, -0.25) is 4.57 Å². The molecule has 0 N–H and O–H groups in total. The summed E-state index contributed by atoms with van der Waals surface area (Å²) in [6, 6.07) is 7.49. The number of benzene rings is 1. The second kappa shape index (κ2) is 7.75. The zero-order valence-electron chi connectivity index (χ0n) is 16.6. The van der Waals surface area contributed by atoms with E-state index in [1.807, 2.05) is 49.6 Å². The summed E-state index contributed by atoms with van der Waals surface area (Å²) in [6.07, 6.45) is 3.45. The molecular formula is C22H21N3O3S. The van der Waals surface area contributed by atoms with Crippen molar-refractivity contribution in [3.63, 3.8) is 0 Å². The van der Waals surface area contributed by atoms with Gasteiger partial charge in [0.15, 0.2) is 11.0 Å². The minimum absolute atomic E-state index is 0.343. The second-order valence-electron chi connectivity index (χ2n) is 6.86. The van der Waals surface area contributed by atoms with E-state index in [4.69, 9.17) is 8.83 Å². The van der Waals surface area contributed by atoms with Crippen LogP contribution < -0.4 is 5.63 Å². The predicted molar refractivity (Wildman–Crippen MR) is 114 cm³/mol. The summed E-state index contributed by atoms with van der Waals surface area (Å²) in [7, 11) is 0. The molecule has 0 radical (unpaired) electrons. The summed E-state index contributed by atoms with van der Waals surface area (Å²) in [5, 5.41) is 10.4. The SMILES string of the molecule is C=CCn1c(SCc2cc(=O)oc3c(C)c(C)ccc23)nnc1-c1ccoc1C. The van der Waals surface area contributed by atoms with Gasteiger partial charge < -0.3 is 8.83 Å². The third-order valence-corrected chi connectivity index (χ3v) is 6.02. The molecule has 0 bridgehead atoms. The van der Waals surface area contributed by atoms with E-state index in [1.54, 1.807) is 12.3 Å². The van der Waals surface area contributed by atoms with Crippen LogP contribution in [0.3, 0.4) is 0 Å². The Morgan fingerprint density at radius 2 is 2.03 bits per heavy atom. The van der Waals surface area contributed by atoms with Gasteiger partial charge in [0.05, 0.1) is 11.8 Å². The lowest BCUT2D eigenvalue weighted by atomic mass is 10.0. The molecule has 3 heterocycles. The molecule has 0 fully saturated rings. The molecule has 29 heavy (non-hydrogen) atoms. The molecule has 0 saturated heterocycles. The number of hydrogen-bond acceptors (Lipinski definition) is 6. The number of thioether (sulfide) groups is 1. The van der Waals surface area contributed by atoms with E-state index in [9.17, 15) is 4.79 Å². The molecule has 0 aliphatic carbocycles. The minimum Gasteiger partial charge on any atom is -0.469 e. The fourth-order valence-electron chi connectivity index (χ4n) is 3.29. The number of aromatic nitrogens is 3. The number of fused-ring (bicyclic) bond motifs is 1. The summed E-state index contributed by atoms with van der Waals surface area (Å²) >= 11 is 1.53.